The Labute approximate surface area is 122 Å². The number of hydrogen-bond donors (Lipinski definition) is 1. The number of likely N-dealkylation sites (N-methyl/N-ethyl adjacent to an activating group) is 1. The van der Waals surface area contributed by atoms with Gasteiger partial charge in [0.1, 0.15) is 0 Å². The second kappa shape index (κ2) is 7.11. The van der Waals surface area contributed by atoms with Gasteiger partial charge in [-0.25, -0.2) is 0 Å². The minimum atomic E-state index is 0.482. The maximum absolute atomic E-state index is 3.48. The Morgan fingerprint density at radius 1 is 1.05 bits per heavy atom. The summed E-state index contributed by atoms with van der Waals surface area (Å²) in [4.78, 5) is 2.38. The lowest BCUT2D eigenvalue weighted by Crippen LogP contribution is -2.34. The van der Waals surface area contributed by atoms with Gasteiger partial charge in [-0.15, -0.1) is 0 Å². The van der Waals surface area contributed by atoms with E-state index in [-0.39, 0.29) is 0 Å². The topological polar surface area (TPSA) is 15.3 Å². The zero-order valence-electron chi connectivity index (χ0n) is 12.6. The van der Waals surface area contributed by atoms with E-state index in [0.717, 1.165) is 13.1 Å². The molecule has 0 aliphatic carbocycles. The fourth-order valence-corrected chi connectivity index (χ4v) is 2.23. The zero-order valence-corrected chi connectivity index (χ0v) is 12.6. The van der Waals surface area contributed by atoms with E-state index in [2.05, 4.69) is 79.6 Å². The number of hydrogen-bond acceptors (Lipinski definition) is 2. The number of para-hydroxylation sites is 1. The van der Waals surface area contributed by atoms with Crippen LogP contribution in [0.3, 0.4) is 0 Å². The predicted octanol–water partition coefficient (Wildman–Crippen LogP) is 3.93. The monoisotopic (exact) mass is 268 g/mol. The minimum Gasteiger partial charge on any atom is -0.383 e. The predicted molar refractivity (Wildman–Crippen MR) is 87.0 cm³/mol. The molecule has 2 nitrogen and oxygen atoms in total. The maximum Gasteiger partial charge on any atom is 0.0340 e. The van der Waals surface area contributed by atoms with E-state index in [9.17, 15) is 0 Å². The third kappa shape index (κ3) is 4.39. The summed E-state index contributed by atoms with van der Waals surface area (Å²) in [5, 5.41) is 3.48. The molecule has 0 radical (unpaired) electrons. The van der Waals surface area contributed by atoms with Crippen LogP contribution in [0, 0.1) is 6.92 Å². The summed E-state index contributed by atoms with van der Waals surface area (Å²) in [5.41, 5.74) is 3.88. The molecule has 0 amide bonds. The standard InChI is InChI=1S/C18H24N2/c1-15-8-7-9-17(12-15)14-20(3)16(2)13-19-18-10-5-4-6-11-18/h4-12,16,19H,13-14H2,1-3H3. The lowest BCUT2D eigenvalue weighted by atomic mass is 10.1. The first-order valence-electron chi connectivity index (χ1n) is 7.20. The highest BCUT2D eigenvalue weighted by atomic mass is 15.1. The molecule has 0 aliphatic rings. The molecule has 0 aliphatic heterocycles. The van der Waals surface area contributed by atoms with E-state index in [0.29, 0.717) is 6.04 Å². The number of nitrogens with zero attached hydrogens (tertiary/aromatic N) is 1. The van der Waals surface area contributed by atoms with Gasteiger partial charge < -0.3 is 5.32 Å². The highest BCUT2D eigenvalue weighted by molar-refractivity contribution is 5.42. The fourth-order valence-electron chi connectivity index (χ4n) is 2.23. The molecule has 0 saturated carbocycles. The molecule has 20 heavy (non-hydrogen) atoms. The largest absolute Gasteiger partial charge is 0.383 e. The van der Waals surface area contributed by atoms with E-state index in [4.69, 9.17) is 0 Å². The Bertz CT molecular complexity index is 522. The van der Waals surface area contributed by atoms with Gasteiger partial charge in [0.05, 0.1) is 0 Å². The number of nitrogens with one attached hydrogen (secondary N) is 1. The van der Waals surface area contributed by atoms with Crippen molar-refractivity contribution in [1.29, 1.82) is 0 Å². The number of rotatable bonds is 6. The van der Waals surface area contributed by atoms with Crippen LogP contribution in [-0.4, -0.2) is 24.5 Å². The van der Waals surface area contributed by atoms with Crippen molar-refractivity contribution < 1.29 is 0 Å². The molecule has 106 valence electrons. The molecule has 1 unspecified atom stereocenters. The third-order valence-electron chi connectivity index (χ3n) is 3.64. The summed E-state index contributed by atoms with van der Waals surface area (Å²) in [5.74, 6) is 0. The van der Waals surface area contributed by atoms with Crippen LogP contribution < -0.4 is 5.32 Å². The molecule has 1 atom stereocenters. The zero-order chi connectivity index (χ0) is 14.4. The molecule has 0 heterocycles. The summed E-state index contributed by atoms with van der Waals surface area (Å²) >= 11 is 0. The Hall–Kier alpha value is -1.80. The molecule has 2 rings (SSSR count). The van der Waals surface area contributed by atoms with Crippen molar-refractivity contribution in [1.82, 2.24) is 4.90 Å². The van der Waals surface area contributed by atoms with E-state index in [1.54, 1.807) is 0 Å². The molecule has 2 aromatic rings. The van der Waals surface area contributed by atoms with Crippen molar-refractivity contribution in [2.45, 2.75) is 26.4 Å². The van der Waals surface area contributed by atoms with Gasteiger partial charge in [-0.2, -0.15) is 0 Å². The van der Waals surface area contributed by atoms with Crippen molar-refractivity contribution in [3.05, 3.63) is 65.7 Å². The van der Waals surface area contributed by atoms with E-state index in [1.165, 1.54) is 16.8 Å². The van der Waals surface area contributed by atoms with Crippen LogP contribution >= 0.6 is 0 Å². The Morgan fingerprint density at radius 3 is 2.50 bits per heavy atom. The molecular weight excluding hydrogens is 244 g/mol. The van der Waals surface area contributed by atoms with Crippen molar-refractivity contribution >= 4 is 5.69 Å². The smallest absolute Gasteiger partial charge is 0.0340 e. The Kier molecular flexibility index (Phi) is 5.19. The first-order chi connectivity index (χ1) is 9.65. The van der Waals surface area contributed by atoms with Crippen molar-refractivity contribution in [2.24, 2.45) is 0 Å². The van der Waals surface area contributed by atoms with Gasteiger partial charge in [0.15, 0.2) is 0 Å². The fraction of sp³-hybridized carbons (Fsp3) is 0.333. The van der Waals surface area contributed by atoms with Gasteiger partial charge in [0, 0.05) is 24.8 Å². The average molecular weight is 268 g/mol. The molecule has 0 saturated heterocycles. The second-order valence-corrected chi connectivity index (χ2v) is 5.50. The number of anilines is 1. The van der Waals surface area contributed by atoms with Gasteiger partial charge in [-0.1, -0.05) is 48.0 Å². The quantitative estimate of drug-likeness (QED) is 0.854. The maximum atomic E-state index is 3.48. The summed E-state index contributed by atoms with van der Waals surface area (Å²) in [6, 6.07) is 19.6. The molecule has 0 aromatic heterocycles. The lowest BCUT2D eigenvalue weighted by molar-refractivity contribution is 0.259. The minimum absolute atomic E-state index is 0.482. The van der Waals surface area contributed by atoms with Crippen LogP contribution in [0.2, 0.25) is 0 Å². The number of aryl methyl sites for hydroxylation is 1. The van der Waals surface area contributed by atoms with Crippen molar-refractivity contribution in [3.8, 4) is 0 Å². The molecule has 0 fully saturated rings. The normalized spacial score (nSPS) is 12.4. The van der Waals surface area contributed by atoms with Crippen LogP contribution in [0.15, 0.2) is 54.6 Å². The first-order valence-corrected chi connectivity index (χ1v) is 7.20. The molecule has 2 heteroatoms. The highest BCUT2D eigenvalue weighted by Crippen LogP contribution is 2.10. The van der Waals surface area contributed by atoms with E-state index < -0.39 is 0 Å². The molecular formula is C18H24N2. The number of benzene rings is 2. The first kappa shape index (κ1) is 14.6. The van der Waals surface area contributed by atoms with Gasteiger partial charge in [0.25, 0.3) is 0 Å². The van der Waals surface area contributed by atoms with Gasteiger partial charge in [-0.05, 0) is 38.6 Å². The van der Waals surface area contributed by atoms with Crippen molar-refractivity contribution in [2.75, 3.05) is 18.9 Å². The van der Waals surface area contributed by atoms with E-state index in [1.807, 2.05) is 6.07 Å². The van der Waals surface area contributed by atoms with Crippen LogP contribution in [0.4, 0.5) is 5.69 Å². The molecule has 1 N–H and O–H groups in total. The molecule has 2 aromatic carbocycles. The second-order valence-electron chi connectivity index (χ2n) is 5.50. The summed E-state index contributed by atoms with van der Waals surface area (Å²) in [7, 11) is 2.18. The summed E-state index contributed by atoms with van der Waals surface area (Å²) in [6.07, 6.45) is 0. The van der Waals surface area contributed by atoms with Gasteiger partial charge in [0.2, 0.25) is 0 Å². The SMILES string of the molecule is Cc1cccc(CN(C)C(C)CNc2ccccc2)c1. The van der Waals surface area contributed by atoms with Crippen LogP contribution in [0.25, 0.3) is 0 Å². The lowest BCUT2D eigenvalue weighted by Gasteiger charge is -2.25. The Balaban J connectivity index is 1.84. The molecule has 0 bridgehead atoms. The average Bonchev–Trinajstić information content (AvgIpc) is 2.46. The van der Waals surface area contributed by atoms with E-state index >= 15 is 0 Å². The van der Waals surface area contributed by atoms with Crippen LogP contribution in [0.5, 0.6) is 0 Å². The van der Waals surface area contributed by atoms with Crippen LogP contribution in [-0.2, 0) is 6.54 Å². The summed E-state index contributed by atoms with van der Waals surface area (Å²) in [6.45, 7) is 6.33. The summed E-state index contributed by atoms with van der Waals surface area (Å²) < 4.78 is 0. The van der Waals surface area contributed by atoms with Gasteiger partial charge >= 0.3 is 0 Å². The highest BCUT2D eigenvalue weighted by Gasteiger charge is 2.09. The van der Waals surface area contributed by atoms with Crippen LogP contribution in [0.1, 0.15) is 18.1 Å². The Morgan fingerprint density at radius 2 is 1.80 bits per heavy atom. The van der Waals surface area contributed by atoms with Gasteiger partial charge in [-0.3, -0.25) is 4.90 Å². The third-order valence-corrected chi connectivity index (χ3v) is 3.64. The van der Waals surface area contributed by atoms with Crippen molar-refractivity contribution in [3.63, 3.8) is 0 Å². The molecule has 0 spiro atoms.